The van der Waals surface area contributed by atoms with Gasteiger partial charge in [0, 0.05) is 24.0 Å². The summed E-state index contributed by atoms with van der Waals surface area (Å²) in [6, 6.07) is 35.9. The Morgan fingerprint density at radius 3 is 2.39 bits per heavy atom. The highest BCUT2D eigenvalue weighted by atomic mass is 16.1. The summed E-state index contributed by atoms with van der Waals surface area (Å²) in [5, 5.41) is 8.71. The van der Waals surface area contributed by atoms with Gasteiger partial charge in [-0.3, -0.25) is 4.79 Å². The Morgan fingerprint density at radius 2 is 1.48 bits per heavy atom. The fourth-order valence-electron chi connectivity index (χ4n) is 3.91. The highest BCUT2D eigenvalue weighted by molar-refractivity contribution is 5.96. The van der Waals surface area contributed by atoms with E-state index in [4.69, 9.17) is 0 Å². The molecule has 0 atom stereocenters. The average Bonchev–Trinajstić information content (AvgIpc) is 2.88. The number of carbonyl (C=O) groups is 1. The number of nitrogens with one attached hydrogen (secondary N) is 2. The summed E-state index contributed by atoms with van der Waals surface area (Å²) >= 11 is 0. The molecule has 160 valence electrons. The van der Waals surface area contributed by atoms with Gasteiger partial charge in [-0.05, 0) is 63.9 Å². The molecule has 0 bridgehead atoms. The summed E-state index contributed by atoms with van der Waals surface area (Å²) in [5.41, 5.74) is 4.66. The Hall–Kier alpha value is -4.44. The summed E-state index contributed by atoms with van der Waals surface area (Å²) in [6.07, 6.45) is 1.77. The van der Waals surface area contributed by atoms with Crippen LogP contribution in [-0.2, 0) is 6.54 Å². The second kappa shape index (κ2) is 9.37. The van der Waals surface area contributed by atoms with E-state index in [0.717, 1.165) is 33.6 Å². The van der Waals surface area contributed by atoms with Gasteiger partial charge in [-0.15, -0.1) is 0 Å². The third-order valence-electron chi connectivity index (χ3n) is 5.58. The van der Waals surface area contributed by atoms with Gasteiger partial charge in [0.05, 0.1) is 0 Å². The zero-order valence-electron chi connectivity index (χ0n) is 18.0. The molecule has 0 saturated heterocycles. The van der Waals surface area contributed by atoms with Gasteiger partial charge in [0.25, 0.3) is 5.91 Å². The van der Waals surface area contributed by atoms with Crippen molar-refractivity contribution in [2.45, 2.75) is 6.54 Å². The molecule has 4 nitrogen and oxygen atoms in total. The number of amides is 1. The molecule has 1 heterocycles. The first-order chi connectivity index (χ1) is 16.3. The van der Waals surface area contributed by atoms with E-state index >= 15 is 0 Å². The van der Waals surface area contributed by atoms with Crippen LogP contribution in [-0.4, -0.2) is 10.9 Å². The minimum atomic E-state index is -0.0959. The van der Waals surface area contributed by atoms with Crippen molar-refractivity contribution >= 4 is 28.2 Å². The van der Waals surface area contributed by atoms with E-state index in [0.29, 0.717) is 12.1 Å². The van der Waals surface area contributed by atoms with Crippen LogP contribution in [0.3, 0.4) is 0 Å². The fourth-order valence-corrected chi connectivity index (χ4v) is 3.91. The normalized spacial score (nSPS) is 10.7. The number of hydrogen-bond donors (Lipinski definition) is 2. The summed E-state index contributed by atoms with van der Waals surface area (Å²) in [7, 11) is 0. The SMILES string of the molecule is O=C(NCc1cccc2ccccc12)c1cccc(-c2ccnc(Nc3ccccc3)c2)c1. The van der Waals surface area contributed by atoms with Crippen molar-refractivity contribution in [2.24, 2.45) is 0 Å². The van der Waals surface area contributed by atoms with Gasteiger partial charge < -0.3 is 10.6 Å². The second-order valence-electron chi connectivity index (χ2n) is 7.82. The Bertz CT molecular complexity index is 1410. The standard InChI is InChI=1S/C29H23N3O/c33-29(31-20-25-12-6-9-21-8-4-5-15-27(21)25)24-11-7-10-22(18-24)23-16-17-30-28(19-23)32-26-13-2-1-3-14-26/h1-19H,20H2,(H,30,32)(H,31,33). The fraction of sp³-hybridized carbons (Fsp3) is 0.0345. The molecule has 1 aromatic heterocycles. The third-order valence-corrected chi connectivity index (χ3v) is 5.58. The molecule has 0 aliphatic carbocycles. The highest BCUT2D eigenvalue weighted by Gasteiger charge is 2.09. The molecule has 5 aromatic rings. The van der Waals surface area contributed by atoms with Crippen LogP contribution in [0, 0.1) is 0 Å². The van der Waals surface area contributed by atoms with Crippen molar-refractivity contribution in [2.75, 3.05) is 5.32 Å². The smallest absolute Gasteiger partial charge is 0.251 e. The second-order valence-corrected chi connectivity index (χ2v) is 7.82. The van der Waals surface area contributed by atoms with Crippen LogP contribution in [0.2, 0.25) is 0 Å². The number of hydrogen-bond acceptors (Lipinski definition) is 3. The number of nitrogens with zero attached hydrogens (tertiary/aromatic N) is 1. The zero-order chi connectivity index (χ0) is 22.5. The van der Waals surface area contributed by atoms with Crippen LogP contribution in [0.1, 0.15) is 15.9 Å². The van der Waals surface area contributed by atoms with Crippen LogP contribution < -0.4 is 10.6 Å². The lowest BCUT2D eigenvalue weighted by molar-refractivity contribution is 0.0951. The maximum Gasteiger partial charge on any atom is 0.251 e. The van der Waals surface area contributed by atoms with Gasteiger partial charge in [-0.1, -0.05) is 72.8 Å². The van der Waals surface area contributed by atoms with Gasteiger partial charge in [-0.25, -0.2) is 4.98 Å². The summed E-state index contributed by atoms with van der Waals surface area (Å²) in [5.74, 6) is 0.658. The van der Waals surface area contributed by atoms with E-state index in [1.807, 2.05) is 84.9 Å². The monoisotopic (exact) mass is 429 g/mol. The van der Waals surface area contributed by atoms with Gasteiger partial charge in [0.15, 0.2) is 0 Å². The van der Waals surface area contributed by atoms with Crippen molar-refractivity contribution < 1.29 is 4.79 Å². The lowest BCUT2D eigenvalue weighted by Gasteiger charge is -2.10. The predicted octanol–water partition coefficient (Wildman–Crippen LogP) is 6.58. The molecule has 33 heavy (non-hydrogen) atoms. The first kappa shape index (κ1) is 20.5. The van der Waals surface area contributed by atoms with E-state index in [2.05, 4.69) is 39.9 Å². The maximum atomic E-state index is 12.9. The summed E-state index contributed by atoms with van der Waals surface area (Å²) in [6.45, 7) is 0.477. The number of benzene rings is 4. The van der Waals surface area contributed by atoms with Crippen LogP contribution in [0.4, 0.5) is 11.5 Å². The van der Waals surface area contributed by atoms with Crippen molar-refractivity contribution in [3.8, 4) is 11.1 Å². The van der Waals surface area contributed by atoms with Crippen molar-refractivity contribution in [3.05, 3.63) is 127 Å². The lowest BCUT2D eigenvalue weighted by Crippen LogP contribution is -2.22. The number of aromatic nitrogens is 1. The molecule has 0 unspecified atom stereocenters. The zero-order valence-corrected chi connectivity index (χ0v) is 18.0. The Morgan fingerprint density at radius 1 is 0.727 bits per heavy atom. The minimum Gasteiger partial charge on any atom is -0.348 e. The summed E-state index contributed by atoms with van der Waals surface area (Å²) in [4.78, 5) is 17.3. The number of pyridine rings is 1. The van der Waals surface area contributed by atoms with Gasteiger partial charge in [0.2, 0.25) is 0 Å². The van der Waals surface area contributed by atoms with E-state index < -0.39 is 0 Å². The van der Waals surface area contributed by atoms with Crippen LogP contribution in [0.25, 0.3) is 21.9 Å². The van der Waals surface area contributed by atoms with Gasteiger partial charge >= 0.3 is 0 Å². The highest BCUT2D eigenvalue weighted by Crippen LogP contribution is 2.24. The van der Waals surface area contributed by atoms with Crippen molar-refractivity contribution in [3.63, 3.8) is 0 Å². The first-order valence-corrected chi connectivity index (χ1v) is 10.9. The number of carbonyl (C=O) groups excluding carboxylic acids is 1. The van der Waals surface area contributed by atoms with Crippen molar-refractivity contribution in [1.29, 1.82) is 0 Å². The quantitative estimate of drug-likeness (QED) is 0.321. The van der Waals surface area contributed by atoms with E-state index in [9.17, 15) is 4.79 Å². The van der Waals surface area contributed by atoms with Crippen LogP contribution in [0.5, 0.6) is 0 Å². The average molecular weight is 430 g/mol. The Labute approximate surface area is 192 Å². The van der Waals surface area contributed by atoms with E-state index in [1.54, 1.807) is 6.20 Å². The number of anilines is 2. The largest absolute Gasteiger partial charge is 0.348 e. The molecular weight excluding hydrogens is 406 g/mol. The van der Waals surface area contributed by atoms with Crippen LogP contribution >= 0.6 is 0 Å². The molecule has 0 aliphatic heterocycles. The molecule has 5 rings (SSSR count). The number of para-hydroxylation sites is 1. The molecule has 0 aliphatic rings. The molecular formula is C29H23N3O. The number of fused-ring (bicyclic) bond motifs is 1. The molecule has 4 heteroatoms. The van der Waals surface area contributed by atoms with Gasteiger partial charge in [0.1, 0.15) is 5.82 Å². The molecule has 2 N–H and O–H groups in total. The van der Waals surface area contributed by atoms with Gasteiger partial charge in [-0.2, -0.15) is 0 Å². The summed E-state index contributed by atoms with van der Waals surface area (Å²) < 4.78 is 0. The first-order valence-electron chi connectivity index (χ1n) is 10.9. The molecule has 1 amide bonds. The molecule has 0 saturated carbocycles. The molecule has 0 radical (unpaired) electrons. The Kier molecular flexibility index (Phi) is 5.81. The topological polar surface area (TPSA) is 54.0 Å². The Balaban J connectivity index is 1.33. The molecule has 0 spiro atoms. The minimum absolute atomic E-state index is 0.0959. The van der Waals surface area contributed by atoms with E-state index in [1.165, 1.54) is 5.39 Å². The van der Waals surface area contributed by atoms with Crippen molar-refractivity contribution in [1.82, 2.24) is 10.3 Å². The third kappa shape index (κ3) is 4.75. The molecule has 0 fully saturated rings. The maximum absolute atomic E-state index is 12.9. The van der Waals surface area contributed by atoms with Crippen LogP contribution in [0.15, 0.2) is 115 Å². The predicted molar refractivity (Wildman–Crippen MR) is 135 cm³/mol. The number of rotatable bonds is 6. The van der Waals surface area contributed by atoms with E-state index in [-0.39, 0.29) is 5.91 Å². The lowest BCUT2D eigenvalue weighted by atomic mass is 10.0. The molecule has 4 aromatic carbocycles.